The smallest absolute Gasteiger partial charge is 0.0869 e. The Morgan fingerprint density at radius 2 is 2.31 bits per heavy atom. The molecular formula is C12H20N2OS. The van der Waals surface area contributed by atoms with Crippen LogP contribution in [0.2, 0.25) is 0 Å². The summed E-state index contributed by atoms with van der Waals surface area (Å²) >= 11 is 1.79. The topological polar surface area (TPSA) is 47.3 Å². The second kappa shape index (κ2) is 4.84. The molecular weight excluding hydrogens is 220 g/mol. The highest BCUT2D eigenvalue weighted by Crippen LogP contribution is 2.38. The lowest BCUT2D eigenvalue weighted by Gasteiger charge is -2.39. The summed E-state index contributed by atoms with van der Waals surface area (Å²) in [5, 5.41) is 0. The van der Waals surface area contributed by atoms with E-state index in [1.165, 1.54) is 16.2 Å². The molecule has 0 spiro atoms. The molecule has 2 unspecified atom stereocenters. The van der Waals surface area contributed by atoms with Crippen molar-refractivity contribution in [2.75, 3.05) is 6.61 Å². The minimum Gasteiger partial charge on any atom is -0.373 e. The molecule has 0 saturated carbocycles. The van der Waals surface area contributed by atoms with Crippen LogP contribution in [0.4, 0.5) is 0 Å². The summed E-state index contributed by atoms with van der Waals surface area (Å²) in [6.07, 6.45) is 3.45. The van der Waals surface area contributed by atoms with Gasteiger partial charge in [0.05, 0.1) is 11.6 Å². The van der Waals surface area contributed by atoms with Crippen LogP contribution in [0.3, 0.4) is 0 Å². The number of aryl methyl sites for hydroxylation is 1. The Balaban J connectivity index is 2.20. The Labute approximate surface area is 101 Å². The SMILES string of the molecule is Cc1ccc(C(NN)C2(C)CCCCO2)s1. The standard InChI is InChI=1S/C12H20N2OS/c1-9-5-6-10(16-9)11(14-13)12(2)7-3-4-8-15-12/h5-6,11,14H,3-4,7-8,13H2,1-2H3. The zero-order chi connectivity index (χ0) is 11.6. The summed E-state index contributed by atoms with van der Waals surface area (Å²) in [7, 11) is 0. The van der Waals surface area contributed by atoms with E-state index in [2.05, 4.69) is 31.4 Å². The lowest BCUT2D eigenvalue weighted by Crippen LogP contribution is -2.47. The quantitative estimate of drug-likeness (QED) is 0.630. The van der Waals surface area contributed by atoms with Crippen LogP contribution in [0, 0.1) is 6.92 Å². The van der Waals surface area contributed by atoms with Crippen LogP contribution < -0.4 is 11.3 Å². The highest BCUT2D eigenvalue weighted by molar-refractivity contribution is 7.12. The predicted octanol–water partition coefficient (Wildman–Crippen LogP) is 2.52. The Kier molecular flexibility index (Phi) is 3.64. The van der Waals surface area contributed by atoms with Crippen molar-refractivity contribution >= 4 is 11.3 Å². The first-order valence-electron chi connectivity index (χ1n) is 5.82. The molecule has 3 nitrogen and oxygen atoms in total. The van der Waals surface area contributed by atoms with Gasteiger partial charge in [-0.05, 0) is 45.2 Å². The van der Waals surface area contributed by atoms with Crippen molar-refractivity contribution in [2.45, 2.75) is 44.8 Å². The fourth-order valence-electron chi connectivity index (χ4n) is 2.35. The van der Waals surface area contributed by atoms with Gasteiger partial charge in [-0.25, -0.2) is 5.43 Å². The zero-order valence-corrected chi connectivity index (χ0v) is 10.8. The molecule has 0 bridgehead atoms. The van der Waals surface area contributed by atoms with Crippen LogP contribution in [-0.4, -0.2) is 12.2 Å². The summed E-state index contributed by atoms with van der Waals surface area (Å²) in [5.74, 6) is 5.71. The predicted molar refractivity (Wildman–Crippen MR) is 67.3 cm³/mol. The van der Waals surface area contributed by atoms with E-state index in [1.807, 2.05) is 0 Å². The van der Waals surface area contributed by atoms with E-state index in [4.69, 9.17) is 10.6 Å². The maximum absolute atomic E-state index is 5.95. The first kappa shape index (κ1) is 12.0. The summed E-state index contributed by atoms with van der Waals surface area (Å²) in [4.78, 5) is 2.58. The van der Waals surface area contributed by atoms with Gasteiger partial charge in [-0.3, -0.25) is 5.84 Å². The van der Waals surface area contributed by atoms with E-state index in [0.717, 1.165) is 19.4 Å². The number of thiophene rings is 1. The van der Waals surface area contributed by atoms with Crippen molar-refractivity contribution in [3.8, 4) is 0 Å². The second-order valence-corrected chi connectivity index (χ2v) is 5.99. The van der Waals surface area contributed by atoms with Gasteiger partial charge in [0.1, 0.15) is 0 Å². The van der Waals surface area contributed by atoms with Crippen molar-refractivity contribution in [3.05, 3.63) is 21.9 Å². The molecule has 2 atom stereocenters. The number of hydrazine groups is 1. The monoisotopic (exact) mass is 240 g/mol. The normalized spacial score (nSPS) is 27.9. The van der Waals surface area contributed by atoms with Gasteiger partial charge in [0.25, 0.3) is 0 Å². The molecule has 2 heterocycles. The molecule has 0 aliphatic carbocycles. The van der Waals surface area contributed by atoms with Crippen LogP contribution >= 0.6 is 11.3 Å². The molecule has 1 aliphatic rings. The molecule has 3 N–H and O–H groups in total. The zero-order valence-electron chi connectivity index (χ0n) is 9.95. The van der Waals surface area contributed by atoms with Crippen LogP contribution in [0.5, 0.6) is 0 Å². The highest BCUT2D eigenvalue weighted by atomic mass is 32.1. The van der Waals surface area contributed by atoms with E-state index in [9.17, 15) is 0 Å². The number of nitrogens with two attached hydrogens (primary N) is 1. The third-order valence-corrected chi connectivity index (χ3v) is 4.39. The molecule has 16 heavy (non-hydrogen) atoms. The Morgan fingerprint density at radius 1 is 1.50 bits per heavy atom. The van der Waals surface area contributed by atoms with Gasteiger partial charge >= 0.3 is 0 Å². The van der Waals surface area contributed by atoms with Crippen molar-refractivity contribution in [1.82, 2.24) is 5.43 Å². The van der Waals surface area contributed by atoms with Crippen LogP contribution in [0.25, 0.3) is 0 Å². The van der Waals surface area contributed by atoms with E-state index in [0.29, 0.717) is 0 Å². The average Bonchev–Trinajstić information content (AvgIpc) is 2.66. The fraction of sp³-hybridized carbons (Fsp3) is 0.667. The average molecular weight is 240 g/mol. The van der Waals surface area contributed by atoms with Crippen LogP contribution in [0.1, 0.15) is 42.0 Å². The maximum atomic E-state index is 5.95. The van der Waals surface area contributed by atoms with Crippen LogP contribution in [0.15, 0.2) is 12.1 Å². The van der Waals surface area contributed by atoms with Crippen molar-refractivity contribution in [3.63, 3.8) is 0 Å². The molecule has 0 amide bonds. The number of hydrogen-bond acceptors (Lipinski definition) is 4. The maximum Gasteiger partial charge on any atom is 0.0869 e. The van der Waals surface area contributed by atoms with Gasteiger partial charge < -0.3 is 4.74 Å². The number of ether oxygens (including phenoxy) is 1. The van der Waals surface area contributed by atoms with Crippen molar-refractivity contribution < 1.29 is 4.74 Å². The second-order valence-electron chi connectivity index (χ2n) is 4.67. The summed E-state index contributed by atoms with van der Waals surface area (Å²) in [6, 6.07) is 4.39. The molecule has 1 fully saturated rings. The van der Waals surface area contributed by atoms with Crippen LogP contribution in [-0.2, 0) is 4.74 Å². The van der Waals surface area contributed by atoms with E-state index in [1.54, 1.807) is 11.3 Å². The summed E-state index contributed by atoms with van der Waals surface area (Å²) < 4.78 is 5.95. The number of rotatable bonds is 3. The molecule has 0 aromatic carbocycles. The first-order chi connectivity index (χ1) is 7.65. The molecule has 1 saturated heterocycles. The van der Waals surface area contributed by atoms with Gasteiger partial charge in [0.2, 0.25) is 0 Å². The van der Waals surface area contributed by atoms with Gasteiger partial charge in [-0.2, -0.15) is 0 Å². The Hall–Kier alpha value is -0.420. The third kappa shape index (κ3) is 2.30. The van der Waals surface area contributed by atoms with Crippen molar-refractivity contribution in [2.24, 2.45) is 5.84 Å². The molecule has 4 heteroatoms. The third-order valence-electron chi connectivity index (χ3n) is 3.32. The lowest BCUT2D eigenvalue weighted by atomic mass is 9.87. The van der Waals surface area contributed by atoms with Gasteiger partial charge in [0.15, 0.2) is 0 Å². The molecule has 1 aliphatic heterocycles. The van der Waals surface area contributed by atoms with Gasteiger partial charge in [-0.15, -0.1) is 11.3 Å². The van der Waals surface area contributed by atoms with E-state index >= 15 is 0 Å². The largest absolute Gasteiger partial charge is 0.373 e. The van der Waals surface area contributed by atoms with Crippen molar-refractivity contribution in [1.29, 1.82) is 0 Å². The fourth-order valence-corrected chi connectivity index (χ4v) is 3.43. The minimum atomic E-state index is -0.162. The van der Waals surface area contributed by atoms with Gasteiger partial charge in [-0.1, -0.05) is 0 Å². The lowest BCUT2D eigenvalue weighted by molar-refractivity contribution is -0.0891. The highest BCUT2D eigenvalue weighted by Gasteiger charge is 2.37. The Bertz CT molecular complexity index is 345. The molecule has 1 aromatic heterocycles. The minimum absolute atomic E-state index is 0.103. The van der Waals surface area contributed by atoms with E-state index < -0.39 is 0 Å². The molecule has 1 aromatic rings. The van der Waals surface area contributed by atoms with E-state index in [-0.39, 0.29) is 11.6 Å². The molecule has 90 valence electrons. The first-order valence-corrected chi connectivity index (χ1v) is 6.64. The molecule has 2 rings (SSSR count). The number of nitrogens with one attached hydrogen (secondary N) is 1. The summed E-state index contributed by atoms with van der Waals surface area (Å²) in [6.45, 7) is 5.12. The number of hydrogen-bond donors (Lipinski definition) is 2. The van der Waals surface area contributed by atoms with Gasteiger partial charge in [0, 0.05) is 16.4 Å². The molecule has 0 radical (unpaired) electrons. The summed E-state index contributed by atoms with van der Waals surface area (Å²) in [5.41, 5.74) is 2.76. The Morgan fingerprint density at radius 3 is 2.81 bits per heavy atom.